The fourth-order valence-corrected chi connectivity index (χ4v) is 5.78. The third-order valence-corrected chi connectivity index (χ3v) is 7.96. The molecule has 2 aromatic carbocycles. The molecule has 1 saturated heterocycles. The number of carbonyl (C=O) groups is 2. The normalized spacial score (nSPS) is 15.9. The number of anilines is 2. The van der Waals surface area contributed by atoms with E-state index in [0.717, 1.165) is 56.1 Å². The third kappa shape index (κ3) is 5.82. The topological polar surface area (TPSA) is 87.2 Å². The van der Waals surface area contributed by atoms with E-state index in [4.69, 9.17) is 25.4 Å². The van der Waals surface area contributed by atoms with Gasteiger partial charge in [0.25, 0.3) is 0 Å². The number of hydrogen-bond donors (Lipinski definition) is 1. The summed E-state index contributed by atoms with van der Waals surface area (Å²) in [7, 11) is 1.76. The SMILES string of the molecule is CNCCOC(=O)OCN1C(=O)Cc2cc(CCN3CCN(c4nsc5ccccc45)CC3)c(Cl)cc21. The predicted octanol–water partition coefficient (Wildman–Crippen LogP) is 3.53. The molecule has 37 heavy (non-hydrogen) atoms. The van der Waals surface area contributed by atoms with Crippen LogP contribution in [-0.4, -0.2) is 81.0 Å². The van der Waals surface area contributed by atoms with E-state index < -0.39 is 6.16 Å². The van der Waals surface area contributed by atoms with Crippen molar-refractivity contribution in [2.45, 2.75) is 12.8 Å². The number of aromatic nitrogens is 1. The Morgan fingerprint density at radius 2 is 1.97 bits per heavy atom. The standard InChI is InChI=1S/C26H30ClN5O4S/c1-28-7-13-35-26(34)36-17-32-22-16-21(27)18(14-19(22)15-24(32)33)6-8-30-9-11-31(12-10-30)25-20-4-2-3-5-23(20)37-29-25/h2-5,14,16,28H,6-13,15,17H2,1H3. The summed E-state index contributed by atoms with van der Waals surface area (Å²) in [4.78, 5) is 30.6. The van der Waals surface area contributed by atoms with E-state index >= 15 is 0 Å². The van der Waals surface area contributed by atoms with Crippen LogP contribution in [0.5, 0.6) is 0 Å². The zero-order chi connectivity index (χ0) is 25.8. The minimum atomic E-state index is -0.803. The van der Waals surface area contributed by atoms with Gasteiger partial charge in [-0.05, 0) is 54.3 Å². The van der Waals surface area contributed by atoms with Gasteiger partial charge in [0.1, 0.15) is 12.4 Å². The van der Waals surface area contributed by atoms with Crippen LogP contribution in [0.15, 0.2) is 36.4 Å². The van der Waals surface area contributed by atoms with Crippen molar-refractivity contribution in [2.24, 2.45) is 0 Å². The summed E-state index contributed by atoms with van der Waals surface area (Å²) in [5.74, 6) is 0.961. The number of carbonyl (C=O) groups excluding carboxylic acids is 2. The van der Waals surface area contributed by atoms with Crippen molar-refractivity contribution in [1.82, 2.24) is 14.6 Å². The van der Waals surface area contributed by atoms with E-state index in [-0.39, 0.29) is 25.7 Å². The first-order chi connectivity index (χ1) is 18.0. The van der Waals surface area contributed by atoms with Gasteiger partial charge in [-0.15, -0.1) is 0 Å². The Balaban J connectivity index is 1.14. The molecule has 0 radical (unpaired) electrons. The Hall–Kier alpha value is -2.92. The van der Waals surface area contributed by atoms with Gasteiger partial charge in [-0.3, -0.25) is 14.6 Å². The second-order valence-electron chi connectivity index (χ2n) is 9.13. The van der Waals surface area contributed by atoms with Crippen LogP contribution < -0.4 is 15.1 Å². The molecule has 11 heteroatoms. The Bertz CT molecular complexity index is 1280. The first-order valence-electron chi connectivity index (χ1n) is 12.4. The zero-order valence-electron chi connectivity index (χ0n) is 20.7. The summed E-state index contributed by atoms with van der Waals surface area (Å²) in [5, 5.41) is 4.72. The molecule has 0 saturated carbocycles. The minimum Gasteiger partial charge on any atom is -0.433 e. The van der Waals surface area contributed by atoms with Crippen LogP contribution in [0.1, 0.15) is 11.1 Å². The predicted molar refractivity (Wildman–Crippen MR) is 146 cm³/mol. The van der Waals surface area contributed by atoms with Crippen molar-refractivity contribution in [3.63, 3.8) is 0 Å². The van der Waals surface area contributed by atoms with Crippen molar-refractivity contribution in [1.29, 1.82) is 0 Å². The molecule has 9 nitrogen and oxygen atoms in total. The second kappa shape index (κ2) is 11.6. The maximum Gasteiger partial charge on any atom is 0.510 e. The molecule has 1 amide bonds. The number of likely N-dealkylation sites (N-methyl/N-ethyl adjacent to an activating group) is 1. The van der Waals surface area contributed by atoms with E-state index in [1.54, 1.807) is 24.6 Å². The monoisotopic (exact) mass is 543 g/mol. The highest BCUT2D eigenvalue weighted by Crippen LogP contribution is 2.34. The fraction of sp³-hybridized carbons (Fsp3) is 0.423. The smallest absolute Gasteiger partial charge is 0.433 e. The summed E-state index contributed by atoms with van der Waals surface area (Å²) >= 11 is 8.18. The van der Waals surface area contributed by atoms with Crippen molar-refractivity contribution < 1.29 is 19.1 Å². The Morgan fingerprint density at radius 3 is 2.78 bits per heavy atom. The first kappa shape index (κ1) is 25.7. The van der Waals surface area contributed by atoms with Gasteiger partial charge >= 0.3 is 6.16 Å². The number of nitrogens with one attached hydrogen (secondary N) is 1. The van der Waals surface area contributed by atoms with Gasteiger partial charge in [0.05, 0.1) is 16.8 Å². The van der Waals surface area contributed by atoms with Gasteiger partial charge in [-0.1, -0.05) is 29.8 Å². The summed E-state index contributed by atoms with van der Waals surface area (Å²) in [6.45, 7) is 5.22. The average molecular weight is 544 g/mol. The number of hydrogen-bond acceptors (Lipinski definition) is 9. The van der Waals surface area contributed by atoms with Crippen molar-refractivity contribution in [2.75, 3.05) is 69.5 Å². The van der Waals surface area contributed by atoms with E-state index in [0.29, 0.717) is 17.3 Å². The number of piperazine rings is 1. The summed E-state index contributed by atoms with van der Waals surface area (Å²) in [6.07, 6.45) is 0.258. The molecule has 2 aliphatic rings. The van der Waals surface area contributed by atoms with E-state index in [2.05, 4.69) is 39.4 Å². The summed E-state index contributed by atoms with van der Waals surface area (Å²) in [6, 6.07) is 12.2. The first-order valence-corrected chi connectivity index (χ1v) is 13.6. The highest BCUT2D eigenvalue weighted by atomic mass is 35.5. The molecule has 3 aromatic rings. The van der Waals surface area contributed by atoms with Crippen LogP contribution in [0.2, 0.25) is 5.02 Å². The molecule has 1 aromatic heterocycles. The largest absolute Gasteiger partial charge is 0.510 e. The second-order valence-corrected chi connectivity index (χ2v) is 10.3. The minimum absolute atomic E-state index is 0.128. The molecular formula is C26H30ClN5O4S. The molecule has 1 N–H and O–H groups in total. The zero-order valence-corrected chi connectivity index (χ0v) is 22.3. The summed E-state index contributed by atoms with van der Waals surface area (Å²) in [5.41, 5.74) is 2.61. The number of halogens is 1. The van der Waals surface area contributed by atoms with Crippen molar-refractivity contribution in [3.05, 3.63) is 52.5 Å². The Morgan fingerprint density at radius 1 is 1.16 bits per heavy atom. The van der Waals surface area contributed by atoms with Gasteiger partial charge in [0, 0.05) is 49.7 Å². The van der Waals surface area contributed by atoms with E-state index in [1.807, 2.05) is 6.07 Å². The fourth-order valence-electron chi connectivity index (χ4n) is 4.74. The number of nitrogens with zero attached hydrogens (tertiary/aromatic N) is 4. The summed E-state index contributed by atoms with van der Waals surface area (Å²) < 4.78 is 16.0. The number of fused-ring (bicyclic) bond motifs is 2. The lowest BCUT2D eigenvalue weighted by Crippen LogP contribution is -2.47. The van der Waals surface area contributed by atoms with Crippen LogP contribution in [-0.2, 0) is 27.1 Å². The highest BCUT2D eigenvalue weighted by Gasteiger charge is 2.30. The van der Waals surface area contributed by atoms with Crippen LogP contribution >= 0.6 is 23.1 Å². The molecule has 0 spiro atoms. The van der Waals surface area contributed by atoms with Crippen LogP contribution in [0.4, 0.5) is 16.3 Å². The molecule has 2 aliphatic heterocycles. The van der Waals surface area contributed by atoms with Gasteiger partial charge in [0.15, 0.2) is 6.73 Å². The lowest BCUT2D eigenvalue weighted by molar-refractivity contribution is -0.118. The van der Waals surface area contributed by atoms with Gasteiger partial charge in [-0.2, -0.15) is 4.37 Å². The maximum atomic E-state index is 12.6. The number of ether oxygens (including phenoxy) is 2. The maximum absolute atomic E-state index is 12.6. The Labute approximate surface area is 225 Å². The van der Waals surface area contributed by atoms with Crippen molar-refractivity contribution in [3.8, 4) is 0 Å². The molecule has 0 unspecified atom stereocenters. The number of rotatable bonds is 9. The van der Waals surface area contributed by atoms with Crippen LogP contribution in [0.3, 0.4) is 0 Å². The molecule has 0 atom stereocenters. The lowest BCUT2D eigenvalue weighted by atomic mass is 10.1. The van der Waals surface area contributed by atoms with Gasteiger partial charge in [0.2, 0.25) is 5.91 Å². The quantitative estimate of drug-likeness (QED) is 0.324. The van der Waals surface area contributed by atoms with Gasteiger partial charge < -0.3 is 19.7 Å². The van der Waals surface area contributed by atoms with E-state index in [1.165, 1.54) is 15.0 Å². The van der Waals surface area contributed by atoms with E-state index in [9.17, 15) is 9.59 Å². The van der Waals surface area contributed by atoms with Gasteiger partial charge in [-0.25, -0.2) is 4.79 Å². The van der Waals surface area contributed by atoms with Crippen LogP contribution in [0.25, 0.3) is 10.1 Å². The van der Waals surface area contributed by atoms with Crippen LogP contribution in [0, 0.1) is 0 Å². The third-order valence-electron chi connectivity index (χ3n) is 6.79. The molecule has 1 fully saturated rings. The molecule has 3 heterocycles. The molecule has 5 rings (SSSR count). The number of benzene rings is 2. The lowest BCUT2D eigenvalue weighted by Gasteiger charge is -2.35. The highest BCUT2D eigenvalue weighted by molar-refractivity contribution is 7.13. The molecule has 0 aliphatic carbocycles. The molecule has 0 bridgehead atoms. The average Bonchev–Trinajstić information content (AvgIpc) is 3.47. The molecule has 196 valence electrons. The van der Waals surface area contributed by atoms with Crippen molar-refractivity contribution >= 4 is 56.8 Å². The number of amides is 1. The Kier molecular flexibility index (Phi) is 8.09. The molecular weight excluding hydrogens is 514 g/mol.